The molecular weight excluding hydrogens is 328 g/mol. The highest BCUT2D eigenvalue weighted by atomic mass is 32.2. The standard InChI is InChI=1S/C17H22N2O4S/c1-12-9-16(13(2)19(12)10-15-5-4-7-23-15)17(20)18(3)14-6-8-24(21,22)11-14/h4-5,7,9,14H,6,8,10-11H2,1-3H3. The number of hydrogen-bond acceptors (Lipinski definition) is 4. The summed E-state index contributed by atoms with van der Waals surface area (Å²) in [6, 6.07) is 5.36. The number of aryl methyl sites for hydroxylation is 1. The van der Waals surface area contributed by atoms with Gasteiger partial charge < -0.3 is 13.9 Å². The summed E-state index contributed by atoms with van der Waals surface area (Å²) in [4.78, 5) is 14.4. The quantitative estimate of drug-likeness (QED) is 0.845. The molecule has 1 fully saturated rings. The molecule has 0 saturated carbocycles. The van der Waals surface area contributed by atoms with Gasteiger partial charge in [0.1, 0.15) is 5.76 Å². The monoisotopic (exact) mass is 350 g/mol. The predicted molar refractivity (Wildman–Crippen MR) is 90.9 cm³/mol. The van der Waals surface area contributed by atoms with Gasteiger partial charge in [0.25, 0.3) is 5.91 Å². The van der Waals surface area contributed by atoms with Gasteiger partial charge >= 0.3 is 0 Å². The van der Waals surface area contributed by atoms with Crippen LogP contribution in [0.4, 0.5) is 0 Å². The number of aromatic nitrogens is 1. The molecule has 0 spiro atoms. The molecule has 24 heavy (non-hydrogen) atoms. The van der Waals surface area contributed by atoms with Gasteiger partial charge in [0, 0.05) is 24.5 Å². The molecule has 1 aliphatic rings. The summed E-state index contributed by atoms with van der Waals surface area (Å²) in [5, 5.41) is 0. The largest absolute Gasteiger partial charge is 0.467 e. The van der Waals surface area contributed by atoms with Crippen LogP contribution in [0.3, 0.4) is 0 Å². The summed E-state index contributed by atoms with van der Waals surface area (Å²) in [7, 11) is -1.33. The van der Waals surface area contributed by atoms with Crippen molar-refractivity contribution < 1.29 is 17.6 Å². The maximum atomic E-state index is 12.8. The fourth-order valence-corrected chi connectivity index (χ4v) is 5.03. The van der Waals surface area contributed by atoms with Crippen molar-refractivity contribution in [2.75, 3.05) is 18.6 Å². The average molecular weight is 350 g/mol. The lowest BCUT2D eigenvalue weighted by Gasteiger charge is -2.23. The van der Waals surface area contributed by atoms with Gasteiger partial charge in [-0.1, -0.05) is 0 Å². The maximum absolute atomic E-state index is 12.8. The van der Waals surface area contributed by atoms with E-state index in [1.165, 1.54) is 0 Å². The molecule has 2 aromatic heterocycles. The van der Waals surface area contributed by atoms with E-state index in [1.54, 1.807) is 18.2 Å². The predicted octanol–water partition coefficient (Wildman–Crippen LogP) is 2.01. The first kappa shape index (κ1) is 16.8. The van der Waals surface area contributed by atoms with Gasteiger partial charge in [0.05, 0.1) is 29.9 Å². The molecule has 6 nitrogen and oxygen atoms in total. The van der Waals surface area contributed by atoms with E-state index in [2.05, 4.69) is 0 Å². The third kappa shape index (κ3) is 3.13. The number of amides is 1. The Bertz CT molecular complexity index is 850. The van der Waals surface area contributed by atoms with Gasteiger partial charge in [-0.3, -0.25) is 4.79 Å². The highest BCUT2D eigenvalue weighted by Crippen LogP contribution is 2.22. The SMILES string of the molecule is Cc1cc(C(=O)N(C)C2CCS(=O)(=O)C2)c(C)n1Cc1ccco1. The number of sulfone groups is 1. The van der Waals surface area contributed by atoms with Crippen LogP contribution < -0.4 is 0 Å². The normalized spacial score (nSPS) is 19.5. The lowest BCUT2D eigenvalue weighted by molar-refractivity contribution is 0.0747. The third-order valence-corrected chi connectivity index (χ3v) is 6.52. The minimum Gasteiger partial charge on any atom is -0.467 e. The Labute approximate surface area is 142 Å². The highest BCUT2D eigenvalue weighted by Gasteiger charge is 2.33. The first-order valence-electron chi connectivity index (χ1n) is 7.95. The molecule has 1 amide bonds. The van der Waals surface area contributed by atoms with Crippen LogP contribution in [-0.2, 0) is 16.4 Å². The van der Waals surface area contributed by atoms with Crippen LogP contribution in [0.15, 0.2) is 28.9 Å². The van der Waals surface area contributed by atoms with Crippen molar-refractivity contribution in [1.29, 1.82) is 0 Å². The van der Waals surface area contributed by atoms with Crippen LogP contribution in [0.1, 0.15) is 33.9 Å². The van der Waals surface area contributed by atoms with Crippen molar-refractivity contribution in [2.24, 2.45) is 0 Å². The zero-order valence-electron chi connectivity index (χ0n) is 14.2. The molecule has 7 heteroatoms. The number of carbonyl (C=O) groups is 1. The zero-order chi connectivity index (χ0) is 17.5. The summed E-state index contributed by atoms with van der Waals surface area (Å²) < 4.78 is 30.7. The molecule has 0 bridgehead atoms. The van der Waals surface area contributed by atoms with E-state index in [4.69, 9.17) is 4.42 Å². The molecule has 0 aromatic carbocycles. The van der Waals surface area contributed by atoms with Crippen LogP contribution in [0.5, 0.6) is 0 Å². The molecule has 1 saturated heterocycles. The Morgan fingerprint density at radius 1 is 1.42 bits per heavy atom. The first-order chi connectivity index (χ1) is 11.3. The Morgan fingerprint density at radius 3 is 2.75 bits per heavy atom. The molecule has 0 aliphatic carbocycles. The Morgan fingerprint density at radius 2 is 2.17 bits per heavy atom. The minimum absolute atomic E-state index is 0.0559. The van der Waals surface area contributed by atoms with Crippen molar-refractivity contribution in [2.45, 2.75) is 32.9 Å². The summed E-state index contributed by atoms with van der Waals surface area (Å²) in [6.07, 6.45) is 2.14. The molecule has 0 radical (unpaired) electrons. The second-order valence-electron chi connectivity index (χ2n) is 6.42. The van der Waals surface area contributed by atoms with Crippen LogP contribution in [-0.4, -0.2) is 48.4 Å². The maximum Gasteiger partial charge on any atom is 0.255 e. The van der Waals surface area contributed by atoms with Crippen molar-refractivity contribution in [3.8, 4) is 0 Å². The van der Waals surface area contributed by atoms with E-state index in [-0.39, 0.29) is 23.5 Å². The van der Waals surface area contributed by atoms with Gasteiger partial charge in [-0.05, 0) is 38.5 Å². The molecule has 3 rings (SSSR count). The smallest absolute Gasteiger partial charge is 0.255 e. The fraction of sp³-hybridized carbons (Fsp3) is 0.471. The van der Waals surface area contributed by atoms with Crippen LogP contribution >= 0.6 is 0 Å². The summed E-state index contributed by atoms with van der Waals surface area (Å²) in [6.45, 7) is 4.43. The van der Waals surface area contributed by atoms with Gasteiger partial charge in [-0.25, -0.2) is 8.42 Å². The van der Waals surface area contributed by atoms with E-state index in [1.807, 2.05) is 36.6 Å². The second kappa shape index (κ2) is 6.12. The van der Waals surface area contributed by atoms with E-state index in [9.17, 15) is 13.2 Å². The van der Waals surface area contributed by atoms with Crippen LogP contribution in [0.2, 0.25) is 0 Å². The third-order valence-electron chi connectivity index (χ3n) is 4.77. The van der Waals surface area contributed by atoms with E-state index >= 15 is 0 Å². The van der Waals surface area contributed by atoms with Gasteiger partial charge in [-0.15, -0.1) is 0 Å². The van der Waals surface area contributed by atoms with E-state index in [0.717, 1.165) is 17.1 Å². The zero-order valence-corrected chi connectivity index (χ0v) is 15.0. The van der Waals surface area contributed by atoms with Gasteiger partial charge in [-0.2, -0.15) is 0 Å². The topological polar surface area (TPSA) is 72.5 Å². The average Bonchev–Trinajstić information content (AvgIpc) is 3.22. The molecule has 3 heterocycles. The molecule has 1 aliphatic heterocycles. The van der Waals surface area contributed by atoms with Crippen LogP contribution in [0, 0.1) is 13.8 Å². The molecule has 130 valence electrons. The molecule has 2 aromatic rings. The second-order valence-corrected chi connectivity index (χ2v) is 8.65. The van der Waals surface area contributed by atoms with Crippen molar-refractivity contribution >= 4 is 15.7 Å². The first-order valence-corrected chi connectivity index (χ1v) is 9.77. The molecular formula is C17H22N2O4S. The highest BCUT2D eigenvalue weighted by molar-refractivity contribution is 7.91. The van der Waals surface area contributed by atoms with E-state index in [0.29, 0.717) is 18.5 Å². The Hall–Kier alpha value is -2.02. The molecule has 1 unspecified atom stereocenters. The summed E-state index contributed by atoms with van der Waals surface area (Å²) >= 11 is 0. The number of carbonyl (C=O) groups excluding carboxylic acids is 1. The molecule has 1 atom stereocenters. The van der Waals surface area contributed by atoms with Gasteiger partial charge in [0.15, 0.2) is 9.84 Å². The van der Waals surface area contributed by atoms with Gasteiger partial charge in [0.2, 0.25) is 0 Å². The van der Waals surface area contributed by atoms with Crippen molar-refractivity contribution in [1.82, 2.24) is 9.47 Å². The Balaban J connectivity index is 1.83. The Kier molecular flexibility index (Phi) is 4.29. The van der Waals surface area contributed by atoms with Crippen molar-refractivity contribution in [3.05, 3.63) is 47.2 Å². The van der Waals surface area contributed by atoms with E-state index < -0.39 is 9.84 Å². The summed E-state index contributed by atoms with van der Waals surface area (Å²) in [5.41, 5.74) is 2.45. The summed E-state index contributed by atoms with van der Waals surface area (Å²) in [5.74, 6) is 0.912. The number of hydrogen-bond donors (Lipinski definition) is 0. The lowest BCUT2D eigenvalue weighted by atomic mass is 10.1. The number of nitrogens with zero attached hydrogens (tertiary/aromatic N) is 2. The minimum atomic E-state index is -3.02. The van der Waals surface area contributed by atoms with Crippen LogP contribution in [0.25, 0.3) is 0 Å². The molecule has 0 N–H and O–H groups in total. The fourth-order valence-electron chi connectivity index (χ4n) is 3.26. The lowest BCUT2D eigenvalue weighted by Crippen LogP contribution is -2.38. The number of rotatable bonds is 4. The number of furan rings is 1. The van der Waals surface area contributed by atoms with Crippen molar-refractivity contribution in [3.63, 3.8) is 0 Å².